The molecule has 0 fully saturated rings. The van der Waals surface area contributed by atoms with Gasteiger partial charge >= 0.3 is 11.9 Å². The lowest BCUT2D eigenvalue weighted by Crippen LogP contribution is -2.31. The van der Waals surface area contributed by atoms with Gasteiger partial charge in [0.2, 0.25) is 5.79 Å². The van der Waals surface area contributed by atoms with Crippen molar-refractivity contribution >= 4 is 11.9 Å². The maximum atomic E-state index is 11.0. The van der Waals surface area contributed by atoms with Crippen LogP contribution in [-0.2, 0) is 14.3 Å². The minimum Gasteiger partial charge on any atom is -0.478 e. The van der Waals surface area contributed by atoms with E-state index < -0.39 is 17.7 Å². The molecule has 0 aliphatic heterocycles. The normalized spacial score (nSPS) is 14.2. The van der Waals surface area contributed by atoms with Gasteiger partial charge in [0.25, 0.3) is 0 Å². The van der Waals surface area contributed by atoms with Crippen molar-refractivity contribution < 1.29 is 24.5 Å². The van der Waals surface area contributed by atoms with E-state index in [1.54, 1.807) is 0 Å². The van der Waals surface area contributed by atoms with Gasteiger partial charge < -0.3 is 14.9 Å². The number of carboxylic acid groups (broad SMARTS) is 1. The van der Waals surface area contributed by atoms with Crippen LogP contribution < -0.4 is 0 Å². The van der Waals surface area contributed by atoms with Gasteiger partial charge in [-0.2, -0.15) is 0 Å². The molecule has 0 spiro atoms. The number of rotatable bonds is 6. The van der Waals surface area contributed by atoms with E-state index in [0.717, 1.165) is 6.08 Å². The van der Waals surface area contributed by atoms with E-state index in [1.807, 2.05) is 0 Å². The summed E-state index contributed by atoms with van der Waals surface area (Å²) in [5.74, 6) is -4.10. The lowest BCUT2D eigenvalue weighted by atomic mass is 10.2. The Hall–Kier alpha value is -1.88. The summed E-state index contributed by atoms with van der Waals surface area (Å²) < 4.78 is 4.56. The maximum Gasteiger partial charge on any atom is 0.333 e. The van der Waals surface area contributed by atoms with Crippen LogP contribution >= 0.6 is 0 Å². The fourth-order valence-electron chi connectivity index (χ4n) is 0.721. The van der Waals surface area contributed by atoms with Crippen molar-refractivity contribution in [3.63, 3.8) is 0 Å². The van der Waals surface area contributed by atoms with E-state index >= 15 is 0 Å². The van der Waals surface area contributed by atoms with Gasteiger partial charge in [0, 0.05) is 18.6 Å². The Morgan fingerprint density at radius 1 is 1.33 bits per heavy atom. The summed E-state index contributed by atoms with van der Waals surface area (Å²) in [6.45, 7) is 6.65. The van der Waals surface area contributed by atoms with E-state index in [0.29, 0.717) is 12.2 Å². The number of ether oxygens (including phenoxy) is 1. The number of aliphatic hydroxyl groups is 1. The minimum atomic E-state index is -1.85. The number of carboxylic acids is 1. The molecule has 0 rings (SSSR count). The molecular weight excluding hydrogens is 200 g/mol. The van der Waals surface area contributed by atoms with E-state index in [-0.39, 0.29) is 6.42 Å². The Labute approximate surface area is 87.0 Å². The standard InChI is InChI=1S/C10H12O5/c1-3-7-10(14,4-2)15-9(13)6-5-8(11)12/h3-6,14H,1-2,7H2,(H,11,12)/b6-5+. The summed E-state index contributed by atoms with van der Waals surface area (Å²) in [6, 6.07) is 0. The molecule has 0 aromatic rings. The Kier molecular flexibility index (Phi) is 5.04. The second-order valence-corrected chi connectivity index (χ2v) is 2.63. The van der Waals surface area contributed by atoms with E-state index in [2.05, 4.69) is 17.9 Å². The van der Waals surface area contributed by atoms with Crippen LogP contribution in [0.1, 0.15) is 6.42 Å². The number of esters is 1. The van der Waals surface area contributed by atoms with Crippen molar-refractivity contribution in [3.8, 4) is 0 Å². The molecule has 5 heteroatoms. The molecular formula is C10H12O5. The maximum absolute atomic E-state index is 11.0. The van der Waals surface area contributed by atoms with Crippen LogP contribution in [0.3, 0.4) is 0 Å². The lowest BCUT2D eigenvalue weighted by molar-refractivity contribution is -0.183. The zero-order chi connectivity index (χ0) is 11.9. The van der Waals surface area contributed by atoms with Crippen molar-refractivity contribution in [2.24, 2.45) is 0 Å². The summed E-state index contributed by atoms with van der Waals surface area (Å²) in [5, 5.41) is 17.8. The quantitative estimate of drug-likeness (QED) is 0.292. The average molecular weight is 212 g/mol. The molecule has 0 aliphatic carbocycles. The summed E-state index contributed by atoms with van der Waals surface area (Å²) in [5.41, 5.74) is 0. The number of carbonyl (C=O) groups excluding carboxylic acids is 1. The highest BCUT2D eigenvalue weighted by molar-refractivity contribution is 5.90. The van der Waals surface area contributed by atoms with Crippen molar-refractivity contribution in [3.05, 3.63) is 37.5 Å². The molecule has 0 bridgehead atoms. The van der Waals surface area contributed by atoms with Gasteiger partial charge in [-0.05, 0) is 6.08 Å². The van der Waals surface area contributed by atoms with Crippen molar-refractivity contribution in [1.29, 1.82) is 0 Å². The summed E-state index contributed by atoms with van der Waals surface area (Å²) in [4.78, 5) is 21.1. The first-order valence-corrected chi connectivity index (χ1v) is 4.04. The lowest BCUT2D eigenvalue weighted by Gasteiger charge is -2.21. The molecule has 5 nitrogen and oxygen atoms in total. The summed E-state index contributed by atoms with van der Waals surface area (Å²) in [6.07, 6.45) is 3.65. The average Bonchev–Trinajstić information content (AvgIpc) is 2.15. The van der Waals surface area contributed by atoms with Crippen LogP contribution in [0.4, 0.5) is 0 Å². The molecule has 0 saturated carbocycles. The highest BCUT2D eigenvalue weighted by Crippen LogP contribution is 2.14. The van der Waals surface area contributed by atoms with Crippen LogP contribution in [0, 0.1) is 0 Å². The highest BCUT2D eigenvalue weighted by atomic mass is 16.7. The Bertz CT molecular complexity index is 305. The molecule has 0 radical (unpaired) electrons. The third kappa shape index (κ3) is 5.43. The summed E-state index contributed by atoms with van der Waals surface area (Å²) >= 11 is 0. The van der Waals surface area contributed by atoms with Gasteiger partial charge in [0.1, 0.15) is 0 Å². The molecule has 1 atom stereocenters. The van der Waals surface area contributed by atoms with Crippen LogP contribution in [0.15, 0.2) is 37.5 Å². The van der Waals surface area contributed by atoms with Crippen molar-refractivity contribution in [2.45, 2.75) is 12.2 Å². The molecule has 0 saturated heterocycles. The van der Waals surface area contributed by atoms with Gasteiger partial charge in [0.05, 0.1) is 0 Å². The summed E-state index contributed by atoms with van der Waals surface area (Å²) in [7, 11) is 0. The minimum absolute atomic E-state index is 0.0247. The molecule has 0 aromatic carbocycles. The predicted octanol–water partition coefficient (Wildman–Crippen LogP) is 0.621. The molecule has 1 unspecified atom stereocenters. The van der Waals surface area contributed by atoms with E-state index in [1.165, 1.54) is 6.08 Å². The topological polar surface area (TPSA) is 83.8 Å². The Balaban J connectivity index is 4.42. The van der Waals surface area contributed by atoms with Crippen molar-refractivity contribution in [2.75, 3.05) is 0 Å². The van der Waals surface area contributed by atoms with Crippen LogP contribution in [0.2, 0.25) is 0 Å². The van der Waals surface area contributed by atoms with Gasteiger partial charge in [0.15, 0.2) is 0 Å². The van der Waals surface area contributed by atoms with Crippen LogP contribution in [0.5, 0.6) is 0 Å². The predicted molar refractivity (Wildman–Crippen MR) is 52.8 cm³/mol. The van der Waals surface area contributed by atoms with Crippen LogP contribution in [-0.4, -0.2) is 27.9 Å². The van der Waals surface area contributed by atoms with Crippen LogP contribution in [0.25, 0.3) is 0 Å². The van der Waals surface area contributed by atoms with Gasteiger partial charge in [-0.1, -0.05) is 12.7 Å². The van der Waals surface area contributed by atoms with Gasteiger partial charge in [-0.15, -0.1) is 6.58 Å². The number of hydrogen-bond acceptors (Lipinski definition) is 4. The monoisotopic (exact) mass is 212 g/mol. The molecule has 0 aliphatic rings. The first-order chi connectivity index (χ1) is 6.93. The smallest absolute Gasteiger partial charge is 0.333 e. The molecule has 15 heavy (non-hydrogen) atoms. The van der Waals surface area contributed by atoms with E-state index in [9.17, 15) is 14.7 Å². The SMILES string of the molecule is C=CCC(O)(C=C)OC(=O)/C=C/C(=O)O. The van der Waals surface area contributed by atoms with Crippen molar-refractivity contribution in [1.82, 2.24) is 0 Å². The van der Waals surface area contributed by atoms with Gasteiger partial charge in [-0.3, -0.25) is 0 Å². The molecule has 0 heterocycles. The fraction of sp³-hybridized carbons (Fsp3) is 0.200. The number of aliphatic carboxylic acids is 1. The molecule has 0 amide bonds. The first kappa shape index (κ1) is 13.1. The second kappa shape index (κ2) is 5.77. The zero-order valence-electron chi connectivity index (χ0n) is 8.05. The Morgan fingerprint density at radius 3 is 2.33 bits per heavy atom. The zero-order valence-corrected chi connectivity index (χ0v) is 8.05. The molecule has 2 N–H and O–H groups in total. The first-order valence-electron chi connectivity index (χ1n) is 4.04. The fourth-order valence-corrected chi connectivity index (χ4v) is 0.721. The third-order valence-corrected chi connectivity index (χ3v) is 1.40. The van der Waals surface area contributed by atoms with E-state index in [4.69, 9.17) is 5.11 Å². The molecule has 0 aromatic heterocycles. The largest absolute Gasteiger partial charge is 0.478 e. The highest BCUT2D eigenvalue weighted by Gasteiger charge is 2.24. The Morgan fingerprint density at radius 2 is 1.93 bits per heavy atom. The number of carbonyl (C=O) groups is 2. The second-order valence-electron chi connectivity index (χ2n) is 2.63. The third-order valence-electron chi connectivity index (χ3n) is 1.40. The number of hydrogen-bond donors (Lipinski definition) is 2. The molecule has 82 valence electrons. The van der Waals surface area contributed by atoms with Gasteiger partial charge in [-0.25, -0.2) is 9.59 Å².